The van der Waals surface area contributed by atoms with E-state index in [9.17, 15) is 0 Å². The molecule has 0 fully saturated rings. The lowest BCUT2D eigenvalue weighted by molar-refractivity contribution is 0.518. The summed E-state index contributed by atoms with van der Waals surface area (Å²) in [5.41, 5.74) is 9.21. The first kappa shape index (κ1) is 54.1. The van der Waals surface area contributed by atoms with Crippen molar-refractivity contribution in [3.8, 4) is 11.8 Å². The molecule has 0 N–H and O–H groups in total. The van der Waals surface area contributed by atoms with Gasteiger partial charge in [-0.2, -0.15) is 0 Å². The molecule has 2 atom stereocenters. The molecule has 0 aliphatic rings. The van der Waals surface area contributed by atoms with Gasteiger partial charge in [0.1, 0.15) is 0 Å². The van der Waals surface area contributed by atoms with Gasteiger partial charge < -0.3 is 0 Å². The number of unbranched alkanes of at least 4 members (excludes halogenated alkanes) is 26. The SMILES string of the molecule is CCCCCCCCCCCCCCCCCCCCCCCC(C#CC(CCCCC)c1cc(CCCC)cc(CCCC)c1)c1cc(CCCC)cc(CCCC)c1. The van der Waals surface area contributed by atoms with Gasteiger partial charge in [0.2, 0.25) is 0 Å². The third kappa shape index (κ3) is 27.1. The second-order valence-electron chi connectivity index (χ2n) is 19.3. The fourth-order valence-corrected chi connectivity index (χ4v) is 9.31. The van der Waals surface area contributed by atoms with Crippen LogP contribution in [0.25, 0.3) is 0 Å². The van der Waals surface area contributed by atoms with Crippen LogP contribution in [0, 0.1) is 11.8 Å². The topological polar surface area (TPSA) is 0 Å². The molecule has 0 aromatic heterocycles. The van der Waals surface area contributed by atoms with Crippen molar-refractivity contribution in [2.45, 2.75) is 297 Å². The minimum Gasteiger partial charge on any atom is -0.0945 e. The van der Waals surface area contributed by atoms with Crippen molar-refractivity contribution in [2.24, 2.45) is 0 Å². The van der Waals surface area contributed by atoms with Gasteiger partial charge in [0.15, 0.2) is 0 Å². The molecule has 0 aliphatic heterocycles. The summed E-state index contributed by atoms with van der Waals surface area (Å²) in [6.07, 6.45) is 51.4. The molecule has 0 spiro atoms. The smallest absolute Gasteiger partial charge is 0.0452 e. The molecule has 342 valence electrons. The van der Waals surface area contributed by atoms with E-state index in [-0.39, 0.29) is 0 Å². The van der Waals surface area contributed by atoms with Crippen LogP contribution in [0.1, 0.15) is 305 Å². The summed E-state index contributed by atoms with van der Waals surface area (Å²) in [7, 11) is 0. The maximum absolute atomic E-state index is 4.07. The molecule has 60 heavy (non-hydrogen) atoms. The van der Waals surface area contributed by atoms with Crippen LogP contribution in [0.3, 0.4) is 0 Å². The third-order valence-corrected chi connectivity index (χ3v) is 13.4. The van der Waals surface area contributed by atoms with E-state index < -0.39 is 0 Å². The summed E-state index contributed by atoms with van der Waals surface area (Å²) < 4.78 is 0. The Bertz CT molecular complexity index is 1270. The van der Waals surface area contributed by atoms with E-state index in [1.54, 1.807) is 22.3 Å². The maximum Gasteiger partial charge on any atom is 0.0452 e. The standard InChI is InChI=1S/C60H102/c1-7-13-19-20-21-22-23-24-25-26-27-28-29-30-31-32-33-34-35-36-38-44-58(60-51-55(41-17-11-5)48-56(52-60)42-18-12-6)46-45-57(43-37-14-8-2)59-49-53(39-15-9-3)47-54(50-59)40-16-10-4/h47-52,57-58H,7-44H2,1-6H3. The molecule has 0 saturated carbocycles. The highest BCUT2D eigenvalue weighted by Crippen LogP contribution is 2.30. The maximum atomic E-state index is 4.07. The highest BCUT2D eigenvalue weighted by atomic mass is 14.2. The first-order valence-corrected chi connectivity index (χ1v) is 27.3. The van der Waals surface area contributed by atoms with Gasteiger partial charge in [-0.05, 0) is 97.6 Å². The summed E-state index contributed by atoms with van der Waals surface area (Å²) in [4.78, 5) is 0. The Balaban J connectivity index is 2.01. The van der Waals surface area contributed by atoms with Gasteiger partial charge in [-0.25, -0.2) is 0 Å². The monoisotopic (exact) mass is 823 g/mol. The lowest BCUT2D eigenvalue weighted by Crippen LogP contribution is -2.04. The summed E-state index contributed by atoms with van der Waals surface area (Å²) in [5.74, 6) is 8.79. The molecule has 2 unspecified atom stereocenters. The Labute approximate surface area is 377 Å². The molecule has 0 radical (unpaired) electrons. The van der Waals surface area contributed by atoms with Crippen molar-refractivity contribution >= 4 is 0 Å². The lowest BCUT2D eigenvalue weighted by Gasteiger charge is -2.18. The van der Waals surface area contributed by atoms with E-state index in [0.29, 0.717) is 11.8 Å². The predicted octanol–water partition coefficient (Wildman–Crippen LogP) is 20.1. The molecular weight excluding hydrogens is 721 g/mol. The van der Waals surface area contributed by atoms with E-state index in [0.717, 1.165) is 0 Å². The van der Waals surface area contributed by atoms with E-state index in [2.05, 4.69) is 89.8 Å². The number of aryl methyl sites for hydroxylation is 4. The van der Waals surface area contributed by atoms with Crippen LogP contribution in [-0.2, 0) is 25.7 Å². The Morgan fingerprint density at radius 2 is 0.483 bits per heavy atom. The molecule has 0 saturated heterocycles. The molecule has 0 heterocycles. The van der Waals surface area contributed by atoms with Gasteiger partial charge >= 0.3 is 0 Å². The van der Waals surface area contributed by atoms with Crippen LogP contribution >= 0.6 is 0 Å². The first-order valence-electron chi connectivity index (χ1n) is 27.3. The molecule has 0 heteroatoms. The van der Waals surface area contributed by atoms with Crippen molar-refractivity contribution in [2.75, 3.05) is 0 Å². The highest BCUT2D eigenvalue weighted by Gasteiger charge is 2.15. The van der Waals surface area contributed by atoms with Crippen molar-refractivity contribution in [3.05, 3.63) is 69.8 Å². The van der Waals surface area contributed by atoms with Crippen LogP contribution < -0.4 is 0 Å². The van der Waals surface area contributed by atoms with Crippen molar-refractivity contribution in [1.82, 2.24) is 0 Å². The van der Waals surface area contributed by atoms with Gasteiger partial charge in [-0.3, -0.25) is 0 Å². The fraction of sp³-hybridized carbons (Fsp3) is 0.767. The summed E-state index contributed by atoms with van der Waals surface area (Å²) in [5, 5.41) is 0. The second kappa shape index (κ2) is 38.7. The number of rotatable bonds is 40. The Morgan fingerprint density at radius 3 is 0.750 bits per heavy atom. The van der Waals surface area contributed by atoms with Crippen molar-refractivity contribution < 1.29 is 0 Å². The highest BCUT2D eigenvalue weighted by molar-refractivity contribution is 5.40. The summed E-state index contributed by atoms with van der Waals surface area (Å²) in [6.45, 7) is 14.0. The van der Waals surface area contributed by atoms with Crippen molar-refractivity contribution in [1.29, 1.82) is 0 Å². The average Bonchev–Trinajstić information content (AvgIpc) is 3.26. The van der Waals surface area contributed by atoms with Crippen LogP contribution in [0.2, 0.25) is 0 Å². The first-order chi connectivity index (χ1) is 29.6. The average molecular weight is 823 g/mol. The Kier molecular flexibility index (Phi) is 34.9. The van der Waals surface area contributed by atoms with Crippen LogP contribution in [0.15, 0.2) is 36.4 Å². The van der Waals surface area contributed by atoms with Gasteiger partial charge in [-0.1, -0.05) is 270 Å². The van der Waals surface area contributed by atoms with Crippen LogP contribution in [-0.4, -0.2) is 0 Å². The summed E-state index contributed by atoms with van der Waals surface area (Å²) in [6, 6.07) is 15.3. The van der Waals surface area contributed by atoms with Gasteiger partial charge in [-0.15, -0.1) is 0 Å². The molecule has 2 aromatic carbocycles. The van der Waals surface area contributed by atoms with Gasteiger partial charge in [0, 0.05) is 11.8 Å². The third-order valence-electron chi connectivity index (χ3n) is 13.4. The van der Waals surface area contributed by atoms with Crippen molar-refractivity contribution in [3.63, 3.8) is 0 Å². The minimum atomic E-state index is 0.337. The van der Waals surface area contributed by atoms with E-state index >= 15 is 0 Å². The molecule has 0 nitrogen and oxygen atoms in total. The number of benzene rings is 2. The van der Waals surface area contributed by atoms with E-state index in [1.165, 1.54) is 255 Å². The molecule has 0 aliphatic carbocycles. The normalized spacial score (nSPS) is 12.4. The Hall–Kier alpha value is -2.00. The molecule has 0 bridgehead atoms. The van der Waals surface area contributed by atoms with E-state index in [1.807, 2.05) is 0 Å². The molecule has 2 rings (SSSR count). The molecular formula is C60H102. The fourth-order valence-electron chi connectivity index (χ4n) is 9.31. The molecule has 2 aromatic rings. The number of hydrogen-bond donors (Lipinski definition) is 0. The van der Waals surface area contributed by atoms with Crippen LogP contribution in [0.4, 0.5) is 0 Å². The lowest BCUT2D eigenvalue weighted by atomic mass is 9.86. The Morgan fingerprint density at radius 1 is 0.267 bits per heavy atom. The zero-order valence-electron chi connectivity index (χ0n) is 41.5. The zero-order valence-corrected chi connectivity index (χ0v) is 41.5. The predicted molar refractivity (Wildman–Crippen MR) is 272 cm³/mol. The zero-order chi connectivity index (χ0) is 43.1. The largest absolute Gasteiger partial charge is 0.0945 e. The molecule has 0 amide bonds. The van der Waals surface area contributed by atoms with E-state index in [4.69, 9.17) is 0 Å². The summed E-state index contributed by atoms with van der Waals surface area (Å²) >= 11 is 0. The quantitative estimate of drug-likeness (QED) is 0.0464. The van der Waals surface area contributed by atoms with Gasteiger partial charge in [0.05, 0.1) is 0 Å². The second-order valence-corrected chi connectivity index (χ2v) is 19.3. The minimum absolute atomic E-state index is 0.337. The van der Waals surface area contributed by atoms with Gasteiger partial charge in [0.25, 0.3) is 0 Å². The number of hydrogen-bond acceptors (Lipinski definition) is 0. The van der Waals surface area contributed by atoms with Crippen LogP contribution in [0.5, 0.6) is 0 Å².